The first kappa shape index (κ1) is 12.9. The summed E-state index contributed by atoms with van der Waals surface area (Å²) in [6.45, 7) is 0. The van der Waals surface area contributed by atoms with Crippen LogP contribution in [0, 0.1) is 21.4 Å². The summed E-state index contributed by atoms with van der Waals surface area (Å²) in [6, 6.07) is 12.7. The normalized spacial score (nSPS) is 9.68. The van der Waals surface area contributed by atoms with Crippen LogP contribution in [0.15, 0.2) is 42.5 Å². The van der Waals surface area contributed by atoms with E-state index >= 15 is 0 Å². The van der Waals surface area contributed by atoms with Gasteiger partial charge in [-0.3, -0.25) is 10.1 Å². The van der Waals surface area contributed by atoms with Crippen LogP contribution >= 0.6 is 11.6 Å². The van der Waals surface area contributed by atoms with E-state index in [9.17, 15) is 10.1 Å². The molecule has 2 aromatic carbocycles. The van der Waals surface area contributed by atoms with Gasteiger partial charge in [-0.15, -0.1) is 0 Å². The van der Waals surface area contributed by atoms with E-state index in [0.29, 0.717) is 17.1 Å². The second-order valence-electron chi connectivity index (χ2n) is 3.58. The van der Waals surface area contributed by atoms with E-state index in [-0.39, 0.29) is 10.7 Å². The Labute approximate surface area is 113 Å². The van der Waals surface area contributed by atoms with Crippen molar-refractivity contribution in [1.82, 2.24) is 0 Å². The minimum Gasteiger partial charge on any atom is -0.456 e. The molecule has 0 atom stereocenters. The first-order valence-corrected chi connectivity index (χ1v) is 5.60. The standard InChI is InChI=1S/C13H7ClN2O3/c14-11-7-10(5-6-12(11)16(17)18)19-13-4-2-1-3-9(13)8-15/h1-7H. The predicted octanol–water partition coefficient (Wildman–Crippen LogP) is 3.91. The van der Waals surface area contributed by atoms with E-state index in [1.165, 1.54) is 18.2 Å². The fraction of sp³-hybridized carbons (Fsp3) is 0. The molecule has 0 aromatic heterocycles. The maximum atomic E-state index is 10.6. The molecule has 0 heterocycles. The van der Waals surface area contributed by atoms with Crippen molar-refractivity contribution in [2.24, 2.45) is 0 Å². The zero-order valence-electron chi connectivity index (χ0n) is 9.54. The number of benzene rings is 2. The van der Waals surface area contributed by atoms with Crippen molar-refractivity contribution in [2.45, 2.75) is 0 Å². The van der Waals surface area contributed by atoms with Crippen LogP contribution in [0.1, 0.15) is 5.56 Å². The number of nitriles is 1. The number of hydrogen-bond donors (Lipinski definition) is 0. The molecule has 0 aliphatic heterocycles. The molecule has 6 heteroatoms. The number of para-hydroxylation sites is 1. The third-order valence-corrected chi connectivity index (χ3v) is 2.65. The second-order valence-corrected chi connectivity index (χ2v) is 3.99. The summed E-state index contributed by atoms with van der Waals surface area (Å²) >= 11 is 5.78. The van der Waals surface area contributed by atoms with Crippen LogP contribution in [0.25, 0.3) is 0 Å². The summed E-state index contributed by atoms with van der Waals surface area (Å²) in [5.74, 6) is 0.702. The lowest BCUT2D eigenvalue weighted by Gasteiger charge is -2.07. The van der Waals surface area contributed by atoms with Crippen LogP contribution in [0.2, 0.25) is 5.02 Å². The predicted molar refractivity (Wildman–Crippen MR) is 69.3 cm³/mol. The fourth-order valence-corrected chi connectivity index (χ4v) is 1.71. The van der Waals surface area contributed by atoms with Gasteiger partial charge in [-0.2, -0.15) is 5.26 Å². The Kier molecular flexibility index (Phi) is 3.64. The molecule has 0 radical (unpaired) electrons. The van der Waals surface area contributed by atoms with Crippen LogP contribution in [-0.4, -0.2) is 4.92 Å². The maximum Gasteiger partial charge on any atom is 0.288 e. The molecule has 94 valence electrons. The van der Waals surface area contributed by atoms with E-state index in [2.05, 4.69) is 0 Å². The van der Waals surface area contributed by atoms with Gasteiger partial charge >= 0.3 is 0 Å². The van der Waals surface area contributed by atoms with Crippen LogP contribution in [0.4, 0.5) is 5.69 Å². The highest BCUT2D eigenvalue weighted by Gasteiger charge is 2.13. The minimum absolute atomic E-state index is 0.0167. The number of hydrogen-bond acceptors (Lipinski definition) is 4. The van der Waals surface area contributed by atoms with Gasteiger partial charge in [0, 0.05) is 12.1 Å². The minimum atomic E-state index is -0.574. The SMILES string of the molecule is N#Cc1ccccc1Oc1ccc([N+](=O)[O-])c(Cl)c1. The van der Waals surface area contributed by atoms with Gasteiger partial charge in [0.05, 0.1) is 10.5 Å². The average molecular weight is 275 g/mol. The third-order valence-electron chi connectivity index (χ3n) is 2.35. The molecule has 0 bridgehead atoms. The summed E-state index contributed by atoms with van der Waals surface area (Å²) in [7, 11) is 0. The Morgan fingerprint density at radius 1 is 1.26 bits per heavy atom. The number of nitro groups is 1. The van der Waals surface area contributed by atoms with Gasteiger partial charge in [0.25, 0.3) is 5.69 Å². The van der Waals surface area contributed by atoms with Crippen molar-refractivity contribution >= 4 is 17.3 Å². The van der Waals surface area contributed by atoms with E-state index in [4.69, 9.17) is 21.6 Å². The van der Waals surface area contributed by atoms with Crippen LogP contribution < -0.4 is 4.74 Å². The first-order valence-electron chi connectivity index (χ1n) is 5.22. The molecule has 19 heavy (non-hydrogen) atoms. The molecular formula is C13H7ClN2O3. The Hall–Kier alpha value is -2.58. The Morgan fingerprint density at radius 3 is 2.63 bits per heavy atom. The highest BCUT2D eigenvalue weighted by Crippen LogP contribution is 2.31. The number of ether oxygens (including phenoxy) is 1. The first-order chi connectivity index (χ1) is 9.11. The number of nitro benzene ring substituents is 1. The van der Waals surface area contributed by atoms with E-state index < -0.39 is 4.92 Å². The maximum absolute atomic E-state index is 10.6. The van der Waals surface area contributed by atoms with Crippen molar-refractivity contribution in [2.75, 3.05) is 0 Å². The second kappa shape index (κ2) is 5.38. The molecule has 0 unspecified atom stereocenters. The molecule has 0 fully saturated rings. The summed E-state index contributed by atoms with van der Waals surface area (Å²) in [4.78, 5) is 10.1. The van der Waals surface area contributed by atoms with Crippen LogP contribution in [-0.2, 0) is 0 Å². The number of rotatable bonds is 3. The molecule has 2 aromatic rings. The molecule has 2 rings (SSSR count). The summed E-state index contributed by atoms with van der Waals surface area (Å²) in [5, 5.41) is 19.5. The van der Waals surface area contributed by atoms with Gasteiger partial charge in [0.15, 0.2) is 0 Å². The molecule has 0 aliphatic carbocycles. The molecular weight excluding hydrogens is 268 g/mol. The van der Waals surface area contributed by atoms with Gasteiger partial charge in [-0.25, -0.2) is 0 Å². The van der Waals surface area contributed by atoms with Gasteiger partial charge in [-0.05, 0) is 18.2 Å². The number of halogens is 1. The summed E-state index contributed by atoms with van der Waals surface area (Å²) in [5.41, 5.74) is 0.180. The van der Waals surface area contributed by atoms with Gasteiger partial charge in [0.2, 0.25) is 0 Å². The molecule has 0 N–H and O–H groups in total. The Balaban J connectivity index is 2.32. The summed E-state index contributed by atoms with van der Waals surface area (Å²) in [6.07, 6.45) is 0. The lowest BCUT2D eigenvalue weighted by atomic mass is 10.2. The molecule has 5 nitrogen and oxygen atoms in total. The van der Waals surface area contributed by atoms with Crippen LogP contribution in [0.5, 0.6) is 11.5 Å². The summed E-state index contributed by atoms with van der Waals surface area (Å²) < 4.78 is 5.49. The lowest BCUT2D eigenvalue weighted by Crippen LogP contribution is -1.91. The van der Waals surface area contributed by atoms with Gasteiger partial charge in [0.1, 0.15) is 22.6 Å². The quantitative estimate of drug-likeness (QED) is 0.628. The van der Waals surface area contributed by atoms with Crippen molar-refractivity contribution in [3.05, 3.63) is 63.2 Å². The molecule has 0 aliphatic rings. The molecule has 0 spiro atoms. The van der Waals surface area contributed by atoms with Crippen molar-refractivity contribution < 1.29 is 9.66 Å². The smallest absolute Gasteiger partial charge is 0.288 e. The highest BCUT2D eigenvalue weighted by molar-refractivity contribution is 6.32. The zero-order valence-corrected chi connectivity index (χ0v) is 10.3. The molecule has 0 saturated carbocycles. The zero-order chi connectivity index (χ0) is 13.8. The number of nitrogens with zero attached hydrogens (tertiary/aromatic N) is 2. The van der Waals surface area contributed by atoms with Crippen molar-refractivity contribution in [3.8, 4) is 17.6 Å². The lowest BCUT2D eigenvalue weighted by molar-refractivity contribution is -0.384. The van der Waals surface area contributed by atoms with E-state index in [0.717, 1.165) is 0 Å². The van der Waals surface area contributed by atoms with E-state index in [1.54, 1.807) is 24.3 Å². The largest absolute Gasteiger partial charge is 0.456 e. The van der Waals surface area contributed by atoms with Gasteiger partial charge < -0.3 is 4.74 Å². The Bertz CT molecular complexity index is 680. The monoisotopic (exact) mass is 274 g/mol. The van der Waals surface area contributed by atoms with Crippen molar-refractivity contribution in [1.29, 1.82) is 5.26 Å². The third kappa shape index (κ3) is 2.81. The molecule has 0 saturated heterocycles. The highest BCUT2D eigenvalue weighted by atomic mass is 35.5. The molecule has 0 amide bonds. The Morgan fingerprint density at radius 2 is 2.00 bits per heavy atom. The fourth-order valence-electron chi connectivity index (χ4n) is 1.47. The van der Waals surface area contributed by atoms with E-state index in [1.807, 2.05) is 6.07 Å². The van der Waals surface area contributed by atoms with Crippen LogP contribution in [0.3, 0.4) is 0 Å². The van der Waals surface area contributed by atoms with Gasteiger partial charge in [-0.1, -0.05) is 23.7 Å². The average Bonchev–Trinajstić information content (AvgIpc) is 2.39. The van der Waals surface area contributed by atoms with Crippen molar-refractivity contribution in [3.63, 3.8) is 0 Å². The topological polar surface area (TPSA) is 76.2 Å².